The molecule has 34 heavy (non-hydrogen) atoms. The lowest BCUT2D eigenvalue weighted by Gasteiger charge is -2.34. The molecule has 5 rings (SSSR count). The number of benzene rings is 2. The van der Waals surface area contributed by atoms with Crippen molar-refractivity contribution in [1.82, 2.24) is 9.88 Å². The zero-order valence-electron chi connectivity index (χ0n) is 20.4. The summed E-state index contributed by atoms with van der Waals surface area (Å²) in [5, 5.41) is 0.852. The van der Waals surface area contributed by atoms with Crippen molar-refractivity contribution in [3.8, 4) is 5.75 Å². The summed E-state index contributed by atoms with van der Waals surface area (Å²) in [6.07, 6.45) is 8.22. The number of carbonyl (C=O) groups is 1. The molecule has 0 amide bonds. The van der Waals surface area contributed by atoms with E-state index < -0.39 is 0 Å². The lowest BCUT2D eigenvalue weighted by Crippen LogP contribution is -2.39. The number of nitrogens with zero attached hydrogens (tertiary/aromatic N) is 1. The third-order valence-electron chi connectivity index (χ3n) is 7.78. The molecule has 1 aliphatic carbocycles. The van der Waals surface area contributed by atoms with E-state index in [0.717, 1.165) is 40.4 Å². The Morgan fingerprint density at radius 2 is 1.91 bits per heavy atom. The standard InChI is InChI=1S/C29H36N2O3/c1-20-11-12-24(17-22-9-6-10-22)31(20)15-16-33-25-13-14-27-26(18-25)28(21(2)30-27)29(32)34-19-23-7-4-3-5-8-23/h3-5,7-8,13-14,18,20,22,24,30H,6,9-12,15-17,19H2,1-2H3. The smallest absolute Gasteiger partial charge is 0.340 e. The van der Waals surface area contributed by atoms with Gasteiger partial charge in [0.2, 0.25) is 0 Å². The van der Waals surface area contributed by atoms with Crippen LogP contribution < -0.4 is 4.74 Å². The number of aryl methyl sites for hydroxylation is 1. The van der Waals surface area contributed by atoms with Gasteiger partial charge in [0.25, 0.3) is 0 Å². The first kappa shape index (κ1) is 23.0. The van der Waals surface area contributed by atoms with Crippen LogP contribution in [0, 0.1) is 12.8 Å². The fourth-order valence-corrected chi connectivity index (χ4v) is 5.62. The molecule has 2 aliphatic rings. The van der Waals surface area contributed by atoms with Gasteiger partial charge in [-0.2, -0.15) is 0 Å². The number of fused-ring (bicyclic) bond motifs is 1. The van der Waals surface area contributed by atoms with E-state index in [1.165, 1.54) is 38.5 Å². The number of hydrogen-bond acceptors (Lipinski definition) is 4. The van der Waals surface area contributed by atoms with Gasteiger partial charge in [0, 0.05) is 35.2 Å². The number of carbonyl (C=O) groups excluding carboxylic acids is 1. The monoisotopic (exact) mass is 460 g/mol. The zero-order chi connectivity index (χ0) is 23.5. The molecular weight excluding hydrogens is 424 g/mol. The topological polar surface area (TPSA) is 54.6 Å². The van der Waals surface area contributed by atoms with Crippen LogP contribution in [0.3, 0.4) is 0 Å². The van der Waals surface area contributed by atoms with Crippen LogP contribution in [-0.4, -0.2) is 41.1 Å². The minimum atomic E-state index is -0.311. The van der Waals surface area contributed by atoms with E-state index in [0.29, 0.717) is 24.3 Å². The quantitative estimate of drug-likeness (QED) is 0.383. The summed E-state index contributed by atoms with van der Waals surface area (Å²) in [4.78, 5) is 18.9. The Labute approximate surface area is 202 Å². The number of rotatable bonds is 9. The van der Waals surface area contributed by atoms with Crippen molar-refractivity contribution in [2.45, 2.75) is 71.1 Å². The largest absolute Gasteiger partial charge is 0.492 e. The Kier molecular flexibility index (Phi) is 6.91. The summed E-state index contributed by atoms with van der Waals surface area (Å²) < 4.78 is 11.8. The normalized spacial score (nSPS) is 21.0. The Morgan fingerprint density at radius 1 is 1.09 bits per heavy atom. The average Bonchev–Trinajstić information content (AvgIpc) is 3.33. The minimum absolute atomic E-state index is 0.262. The first-order valence-corrected chi connectivity index (χ1v) is 12.8. The SMILES string of the molecule is Cc1[nH]c2ccc(OCCN3C(C)CCC3CC3CCC3)cc2c1C(=O)OCc1ccccc1. The third-order valence-corrected chi connectivity index (χ3v) is 7.78. The predicted molar refractivity (Wildman–Crippen MR) is 135 cm³/mol. The second-order valence-electron chi connectivity index (χ2n) is 10.1. The van der Waals surface area contributed by atoms with Gasteiger partial charge in [0.05, 0.1) is 5.56 Å². The summed E-state index contributed by atoms with van der Waals surface area (Å²) in [5.41, 5.74) is 3.30. The van der Waals surface area contributed by atoms with Crippen LogP contribution in [0.2, 0.25) is 0 Å². The molecule has 5 heteroatoms. The van der Waals surface area contributed by atoms with Crippen molar-refractivity contribution in [1.29, 1.82) is 0 Å². The lowest BCUT2D eigenvalue weighted by molar-refractivity contribution is 0.0474. The summed E-state index contributed by atoms with van der Waals surface area (Å²) in [5.74, 6) is 1.43. The fraction of sp³-hybridized carbons (Fsp3) is 0.483. The molecule has 2 atom stereocenters. The molecule has 2 aromatic carbocycles. The molecule has 2 unspecified atom stereocenters. The Hall–Kier alpha value is -2.79. The van der Waals surface area contributed by atoms with E-state index in [-0.39, 0.29) is 12.6 Å². The molecule has 0 radical (unpaired) electrons. The first-order valence-electron chi connectivity index (χ1n) is 12.8. The maximum atomic E-state index is 12.9. The number of aromatic nitrogens is 1. The average molecular weight is 461 g/mol. The number of aromatic amines is 1. The maximum absolute atomic E-state index is 12.9. The third kappa shape index (κ3) is 5.00. The highest BCUT2D eigenvalue weighted by molar-refractivity contribution is 6.05. The van der Waals surface area contributed by atoms with Crippen molar-refractivity contribution in [2.24, 2.45) is 5.92 Å². The molecule has 0 spiro atoms. The molecule has 1 saturated carbocycles. The Bertz CT molecular complexity index is 1120. The number of esters is 1. The molecular formula is C29H36N2O3. The summed E-state index contributed by atoms with van der Waals surface area (Å²) in [7, 11) is 0. The van der Waals surface area contributed by atoms with Gasteiger partial charge in [-0.15, -0.1) is 0 Å². The molecule has 1 saturated heterocycles. The summed E-state index contributed by atoms with van der Waals surface area (Å²) in [6.45, 7) is 6.14. The highest BCUT2D eigenvalue weighted by atomic mass is 16.5. The van der Waals surface area contributed by atoms with Gasteiger partial charge in [0.15, 0.2) is 0 Å². The second kappa shape index (κ2) is 10.2. The van der Waals surface area contributed by atoms with E-state index in [2.05, 4.69) is 16.8 Å². The van der Waals surface area contributed by atoms with Crippen molar-refractivity contribution >= 4 is 16.9 Å². The van der Waals surface area contributed by atoms with Gasteiger partial charge < -0.3 is 14.5 Å². The fourth-order valence-electron chi connectivity index (χ4n) is 5.62. The van der Waals surface area contributed by atoms with Crippen LogP contribution in [0.1, 0.15) is 67.1 Å². The minimum Gasteiger partial charge on any atom is -0.492 e. The molecule has 1 aliphatic heterocycles. The van der Waals surface area contributed by atoms with E-state index in [9.17, 15) is 4.79 Å². The molecule has 180 valence electrons. The van der Waals surface area contributed by atoms with Crippen LogP contribution in [0.5, 0.6) is 5.75 Å². The van der Waals surface area contributed by atoms with Crippen LogP contribution in [0.4, 0.5) is 0 Å². The second-order valence-corrected chi connectivity index (χ2v) is 10.1. The van der Waals surface area contributed by atoms with Gasteiger partial charge in [-0.25, -0.2) is 4.79 Å². The van der Waals surface area contributed by atoms with Gasteiger partial charge >= 0.3 is 5.97 Å². The molecule has 2 fully saturated rings. The summed E-state index contributed by atoms with van der Waals surface area (Å²) >= 11 is 0. The van der Waals surface area contributed by atoms with Gasteiger partial charge in [-0.1, -0.05) is 49.6 Å². The number of nitrogens with one attached hydrogen (secondary N) is 1. The van der Waals surface area contributed by atoms with E-state index >= 15 is 0 Å². The van der Waals surface area contributed by atoms with Crippen LogP contribution in [0.25, 0.3) is 10.9 Å². The number of likely N-dealkylation sites (tertiary alicyclic amines) is 1. The lowest BCUT2D eigenvalue weighted by atomic mass is 9.80. The van der Waals surface area contributed by atoms with Crippen molar-refractivity contribution in [3.63, 3.8) is 0 Å². The van der Waals surface area contributed by atoms with E-state index in [4.69, 9.17) is 9.47 Å². The Balaban J connectivity index is 1.22. The molecule has 0 bridgehead atoms. The van der Waals surface area contributed by atoms with Crippen LogP contribution in [0.15, 0.2) is 48.5 Å². The molecule has 2 heterocycles. The maximum Gasteiger partial charge on any atom is 0.340 e. The van der Waals surface area contributed by atoms with Gasteiger partial charge in [-0.05, 0) is 62.8 Å². The van der Waals surface area contributed by atoms with Crippen molar-refractivity contribution in [3.05, 3.63) is 65.4 Å². The van der Waals surface area contributed by atoms with E-state index in [1.807, 2.05) is 55.5 Å². The van der Waals surface area contributed by atoms with E-state index in [1.54, 1.807) is 0 Å². The van der Waals surface area contributed by atoms with Crippen molar-refractivity contribution < 1.29 is 14.3 Å². The number of ether oxygens (including phenoxy) is 2. The van der Waals surface area contributed by atoms with Gasteiger partial charge in [-0.3, -0.25) is 4.90 Å². The zero-order valence-corrected chi connectivity index (χ0v) is 20.4. The molecule has 3 aromatic rings. The molecule has 5 nitrogen and oxygen atoms in total. The Morgan fingerprint density at radius 3 is 2.68 bits per heavy atom. The number of hydrogen-bond donors (Lipinski definition) is 1. The number of H-pyrrole nitrogens is 1. The molecule has 1 aromatic heterocycles. The van der Waals surface area contributed by atoms with Crippen LogP contribution in [-0.2, 0) is 11.3 Å². The van der Waals surface area contributed by atoms with Crippen molar-refractivity contribution in [2.75, 3.05) is 13.2 Å². The predicted octanol–water partition coefficient (Wildman–Crippen LogP) is 6.26. The highest BCUT2D eigenvalue weighted by Crippen LogP contribution is 2.36. The summed E-state index contributed by atoms with van der Waals surface area (Å²) in [6, 6.07) is 17.1. The van der Waals surface area contributed by atoms with Gasteiger partial charge in [0.1, 0.15) is 19.0 Å². The first-order chi connectivity index (χ1) is 16.6. The molecule has 1 N–H and O–H groups in total. The van der Waals surface area contributed by atoms with Crippen LogP contribution >= 0.6 is 0 Å². The highest BCUT2D eigenvalue weighted by Gasteiger charge is 2.33.